The van der Waals surface area contributed by atoms with Crippen LogP contribution >= 0.6 is 0 Å². The number of carboxylic acid groups (broad SMARTS) is 1. The molecular formula is C11H15N3O3. The first-order valence-corrected chi connectivity index (χ1v) is 5.53. The van der Waals surface area contributed by atoms with Gasteiger partial charge in [-0.1, -0.05) is 0 Å². The highest BCUT2D eigenvalue weighted by Gasteiger charge is 2.29. The van der Waals surface area contributed by atoms with Crippen molar-refractivity contribution in [1.29, 1.82) is 0 Å². The molecule has 0 saturated carbocycles. The zero-order valence-electron chi connectivity index (χ0n) is 9.61. The van der Waals surface area contributed by atoms with Crippen molar-refractivity contribution in [3.8, 4) is 0 Å². The van der Waals surface area contributed by atoms with Crippen molar-refractivity contribution in [3.63, 3.8) is 0 Å². The molecule has 2 atom stereocenters. The van der Waals surface area contributed by atoms with Crippen molar-refractivity contribution in [2.45, 2.75) is 19.1 Å². The molecule has 0 aromatic carbocycles. The largest absolute Gasteiger partial charge is 0.479 e. The van der Waals surface area contributed by atoms with Gasteiger partial charge < -0.3 is 9.84 Å². The van der Waals surface area contributed by atoms with E-state index in [-0.39, 0.29) is 6.04 Å². The minimum atomic E-state index is -0.916. The Morgan fingerprint density at radius 3 is 3.12 bits per heavy atom. The monoisotopic (exact) mass is 237 g/mol. The lowest BCUT2D eigenvalue weighted by Gasteiger charge is -2.34. The van der Waals surface area contributed by atoms with Crippen LogP contribution in [0.25, 0.3) is 0 Å². The lowest BCUT2D eigenvalue weighted by Crippen LogP contribution is -2.47. The van der Waals surface area contributed by atoms with Gasteiger partial charge in [-0.2, -0.15) is 0 Å². The van der Waals surface area contributed by atoms with Crippen molar-refractivity contribution in [1.82, 2.24) is 14.9 Å². The SMILES string of the molecule is CC(c1cnccn1)N1CCOC(C(=O)O)C1. The number of rotatable bonds is 3. The highest BCUT2D eigenvalue weighted by molar-refractivity contribution is 5.72. The molecule has 1 saturated heterocycles. The first kappa shape index (κ1) is 11.9. The minimum Gasteiger partial charge on any atom is -0.479 e. The number of ether oxygens (including phenoxy) is 1. The number of carboxylic acids is 1. The Balaban J connectivity index is 2.05. The third-order valence-electron chi connectivity index (χ3n) is 2.93. The first-order chi connectivity index (χ1) is 8.18. The summed E-state index contributed by atoms with van der Waals surface area (Å²) in [6.45, 7) is 3.52. The van der Waals surface area contributed by atoms with Crippen LogP contribution in [0.1, 0.15) is 18.7 Å². The molecule has 1 N–H and O–H groups in total. The van der Waals surface area contributed by atoms with E-state index in [4.69, 9.17) is 9.84 Å². The summed E-state index contributed by atoms with van der Waals surface area (Å²) in [5.41, 5.74) is 0.846. The van der Waals surface area contributed by atoms with E-state index in [1.807, 2.05) is 11.8 Å². The van der Waals surface area contributed by atoms with Gasteiger partial charge in [0, 0.05) is 31.7 Å². The normalized spacial score (nSPS) is 23.2. The van der Waals surface area contributed by atoms with Crippen molar-refractivity contribution < 1.29 is 14.6 Å². The van der Waals surface area contributed by atoms with Gasteiger partial charge in [0.1, 0.15) is 0 Å². The Morgan fingerprint density at radius 1 is 1.65 bits per heavy atom. The van der Waals surface area contributed by atoms with Gasteiger partial charge in [-0.3, -0.25) is 14.9 Å². The Morgan fingerprint density at radius 2 is 2.47 bits per heavy atom. The molecule has 0 radical (unpaired) electrons. The third-order valence-corrected chi connectivity index (χ3v) is 2.93. The summed E-state index contributed by atoms with van der Waals surface area (Å²) in [6.07, 6.45) is 4.22. The fourth-order valence-electron chi connectivity index (χ4n) is 1.88. The molecule has 0 aliphatic carbocycles. The lowest BCUT2D eigenvalue weighted by molar-refractivity contribution is -0.157. The summed E-state index contributed by atoms with van der Waals surface area (Å²) >= 11 is 0. The van der Waals surface area contributed by atoms with Crippen LogP contribution in [0.3, 0.4) is 0 Å². The van der Waals surface area contributed by atoms with Crippen LogP contribution in [0.15, 0.2) is 18.6 Å². The van der Waals surface area contributed by atoms with Crippen LogP contribution in [0.2, 0.25) is 0 Å². The van der Waals surface area contributed by atoms with Crippen molar-refractivity contribution >= 4 is 5.97 Å². The molecule has 0 bridgehead atoms. The quantitative estimate of drug-likeness (QED) is 0.816. The summed E-state index contributed by atoms with van der Waals surface area (Å²) < 4.78 is 5.18. The molecule has 2 unspecified atom stereocenters. The first-order valence-electron chi connectivity index (χ1n) is 5.53. The number of nitrogens with zero attached hydrogens (tertiary/aromatic N) is 3. The molecule has 1 aromatic heterocycles. The number of aliphatic carboxylic acids is 1. The van der Waals surface area contributed by atoms with E-state index in [9.17, 15) is 4.79 Å². The molecule has 1 aliphatic rings. The van der Waals surface area contributed by atoms with Gasteiger partial charge >= 0.3 is 5.97 Å². The number of hydrogen-bond donors (Lipinski definition) is 1. The molecule has 92 valence electrons. The van der Waals surface area contributed by atoms with E-state index in [1.165, 1.54) is 0 Å². The zero-order chi connectivity index (χ0) is 12.3. The molecule has 0 spiro atoms. The summed E-state index contributed by atoms with van der Waals surface area (Å²) in [5.74, 6) is -0.916. The van der Waals surface area contributed by atoms with E-state index in [1.54, 1.807) is 18.6 Å². The number of aromatic nitrogens is 2. The van der Waals surface area contributed by atoms with Crippen LogP contribution in [0.5, 0.6) is 0 Å². The second kappa shape index (κ2) is 5.20. The molecule has 1 aliphatic heterocycles. The van der Waals surface area contributed by atoms with E-state index in [2.05, 4.69) is 9.97 Å². The summed E-state index contributed by atoms with van der Waals surface area (Å²) in [7, 11) is 0. The van der Waals surface area contributed by atoms with Crippen molar-refractivity contribution in [2.75, 3.05) is 19.7 Å². The van der Waals surface area contributed by atoms with Gasteiger partial charge in [-0.05, 0) is 6.92 Å². The topological polar surface area (TPSA) is 75.5 Å². The minimum absolute atomic E-state index is 0.0504. The van der Waals surface area contributed by atoms with Gasteiger partial charge in [0.25, 0.3) is 0 Å². The van der Waals surface area contributed by atoms with E-state index in [0.29, 0.717) is 19.7 Å². The van der Waals surface area contributed by atoms with Gasteiger partial charge in [0.05, 0.1) is 18.3 Å². The predicted octanol–water partition coefficient (Wildman–Crippen LogP) is 0.323. The van der Waals surface area contributed by atoms with Crippen molar-refractivity contribution in [3.05, 3.63) is 24.3 Å². The van der Waals surface area contributed by atoms with E-state index in [0.717, 1.165) is 5.69 Å². The molecule has 1 aromatic rings. The molecule has 6 nitrogen and oxygen atoms in total. The maximum Gasteiger partial charge on any atom is 0.334 e. The molecule has 2 heterocycles. The average Bonchev–Trinajstić information content (AvgIpc) is 2.39. The Bertz CT molecular complexity index is 385. The lowest BCUT2D eigenvalue weighted by atomic mass is 10.1. The highest BCUT2D eigenvalue weighted by Crippen LogP contribution is 2.20. The zero-order valence-corrected chi connectivity index (χ0v) is 9.61. The standard InChI is InChI=1S/C11H15N3O3/c1-8(9-6-12-2-3-13-9)14-4-5-17-10(7-14)11(15)16/h2-3,6,8,10H,4-5,7H2,1H3,(H,15,16). The molecule has 6 heteroatoms. The molecule has 17 heavy (non-hydrogen) atoms. The van der Waals surface area contributed by atoms with Crippen LogP contribution in [-0.4, -0.2) is 51.7 Å². The fourth-order valence-corrected chi connectivity index (χ4v) is 1.88. The van der Waals surface area contributed by atoms with Gasteiger partial charge in [-0.25, -0.2) is 4.79 Å². The van der Waals surface area contributed by atoms with Crippen LogP contribution in [0, 0.1) is 0 Å². The van der Waals surface area contributed by atoms with Crippen LogP contribution < -0.4 is 0 Å². The molecule has 1 fully saturated rings. The Labute approximate surface area is 99.2 Å². The average molecular weight is 237 g/mol. The van der Waals surface area contributed by atoms with Crippen LogP contribution in [0.4, 0.5) is 0 Å². The van der Waals surface area contributed by atoms with Crippen molar-refractivity contribution in [2.24, 2.45) is 0 Å². The summed E-state index contributed by atoms with van der Waals surface area (Å²) in [5, 5.41) is 8.93. The third kappa shape index (κ3) is 2.78. The smallest absolute Gasteiger partial charge is 0.334 e. The van der Waals surface area contributed by atoms with E-state index >= 15 is 0 Å². The molecule has 0 amide bonds. The Kier molecular flexibility index (Phi) is 3.65. The van der Waals surface area contributed by atoms with Crippen LogP contribution in [-0.2, 0) is 9.53 Å². The summed E-state index contributed by atoms with van der Waals surface area (Å²) in [6, 6.07) is 0.0504. The highest BCUT2D eigenvalue weighted by atomic mass is 16.5. The number of hydrogen-bond acceptors (Lipinski definition) is 5. The molecular weight excluding hydrogens is 222 g/mol. The maximum atomic E-state index is 10.9. The molecule has 2 rings (SSSR count). The second-order valence-corrected chi connectivity index (χ2v) is 4.00. The Hall–Kier alpha value is -1.53. The predicted molar refractivity (Wildman–Crippen MR) is 59.4 cm³/mol. The fraction of sp³-hybridized carbons (Fsp3) is 0.545. The second-order valence-electron chi connectivity index (χ2n) is 4.00. The van der Waals surface area contributed by atoms with Gasteiger partial charge in [0.2, 0.25) is 0 Å². The number of carbonyl (C=O) groups is 1. The van der Waals surface area contributed by atoms with Gasteiger partial charge in [0.15, 0.2) is 6.10 Å². The summed E-state index contributed by atoms with van der Waals surface area (Å²) in [4.78, 5) is 21.2. The maximum absolute atomic E-state index is 10.9. The van der Waals surface area contributed by atoms with E-state index < -0.39 is 12.1 Å². The van der Waals surface area contributed by atoms with Gasteiger partial charge in [-0.15, -0.1) is 0 Å². The number of morpholine rings is 1.